The van der Waals surface area contributed by atoms with Crippen LogP contribution in [0.25, 0.3) is 34.3 Å². The first-order chi connectivity index (χ1) is 17.0. The molecule has 5 rings (SSSR count). The second kappa shape index (κ2) is 9.24. The van der Waals surface area contributed by atoms with Gasteiger partial charge in [-0.25, -0.2) is 4.98 Å². The molecule has 35 heavy (non-hydrogen) atoms. The smallest absolute Gasteiger partial charge is 0.268 e. The summed E-state index contributed by atoms with van der Waals surface area (Å²) in [7, 11) is 0. The van der Waals surface area contributed by atoms with Gasteiger partial charge in [-0.2, -0.15) is 5.26 Å². The summed E-state index contributed by atoms with van der Waals surface area (Å²) < 4.78 is 5.94. The molecule has 2 N–H and O–H groups in total. The van der Waals surface area contributed by atoms with Crippen LogP contribution in [0.2, 0.25) is 0 Å². The van der Waals surface area contributed by atoms with Crippen molar-refractivity contribution >= 4 is 5.69 Å². The van der Waals surface area contributed by atoms with Crippen molar-refractivity contribution in [2.75, 3.05) is 18.0 Å². The Balaban J connectivity index is 1.39. The van der Waals surface area contributed by atoms with E-state index in [-0.39, 0.29) is 5.89 Å². The van der Waals surface area contributed by atoms with Crippen LogP contribution in [0.4, 0.5) is 5.69 Å². The van der Waals surface area contributed by atoms with E-state index >= 15 is 0 Å². The van der Waals surface area contributed by atoms with E-state index in [1.54, 1.807) is 18.6 Å². The lowest BCUT2D eigenvalue weighted by Gasteiger charge is -2.25. The van der Waals surface area contributed by atoms with Crippen LogP contribution >= 0.6 is 0 Å². The van der Waals surface area contributed by atoms with Crippen molar-refractivity contribution in [3.63, 3.8) is 0 Å². The Hall–Kier alpha value is -4.16. The van der Waals surface area contributed by atoms with Gasteiger partial charge in [0.15, 0.2) is 0 Å². The van der Waals surface area contributed by atoms with Gasteiger partial charge in [0.1, 0.15) is 5.69 Å². The molecule has 1 aliphatic rings. The number of benzene rings is 1. The Morgan fingerprint density at radius 1 is 1.09 bits per heavy atom. The fourth-order valence-corrected chi connectivity index (χ4v) is 4.26. The van der Waals surface area contributed by atoms with Crippen LogP contribution < -0.4 is 10.6 Å². The van der Waals surface area contributed by atoms with Crippen LogP contribution in [0.15, 0.2) is 59.4 Å². The minimum Gasteiger partial charge on any atom is -0.415 e. The van der Waals surface area contributed by atoms with Crippen molar-refractivity contribution in [3.05, 3.63) is 60.7 Å². The van der Waals surface area contributed by atoms with Gasteiger partial charge in [0.2, 0.25) is 5.89 Å². The molecule has 9 heteroatoms. The highest BCUT2D eigenvalue weighted by Crippen LogP contribution is 2.30. The largest absolute Gasteiger partial charge is 0.415 e. The van der Waals surface area contributed by atoms with Gasteiger partial charge in [-0.1, -0.05) is 0 Å². The molecule has 1 aromatic carbocycles. The Morgan fingerprint density at radius 2 is 1.86 bits per heavy atom. The zero-order chi connectivity index (χ0) is 24.4. The molecule has 4 aromatic rings. The Bertz CT molecular complexity index is 1370. The van der Waals surface area contributed by atoms with E-state index in [4.69, 9.17) is 10.2 Å². The lowest BCUT2D eigenvalue weighted by Crippen LogP contribution is -2.35. The standard InChI is InChI=1S/C26H26N8O/c1-26(2,16-28)23-12-18(9-10-30-23)21-14-29-15-22(31-21)25-33-32-24(35-25)17-5-7-19(8-6-17)34-11-3-4-20(34)13-27/h5-10,12,14-15,20H,3-4,11,13,27H2,1-2H3. The van der Waals surface area contributed by atoms with Crippen molar-refractivity contribution in [3.8, 4) is 40.4 Å². The summed E-state index contributed by atoms with van der Waals surface area (Å²) >= 11 is 0. The first-order valence-electron chi connectivity index (χ1n) is 11.6. The van der Waals surface area contributed by atoms with E-state index in [1.165, 1.54) is 0 Å². The van der Waals surface area contributed by atoms with Gasteiger partial charge in [-0.15, -0.1) is 10.2 Å². The van der Waals surface area contributed by atoms with Crippen molar-refractivity contribution in [1.29, 1.82) is 5.26 Å². The van der Waals surface area contributed by atoms with Crippen molar-refractivity contribution in [2.24, 2.45) is 5.73 Å². The zero-order valence-corrected chi connectivity index (χ0v) is 19.7. The van der Waals surface area contributed by atoms with Gasteiger partial charge < -0.3 is 15.1 Å². The fourth-order valence-electron chi connectivity index (χ4n) is 4.26. The van der Waals surface area contributed by atoms with Gasteiger partial charge in [0.25, 0.3) is 5.89 Å². The van der Waals surface area contributed by atoms with Crippen LogP contribution in [-0.2, 0) is 5.41 Å². The summed E-state index contributed by atoms with van der Waals surface area (Å²) in [5.41, 5.74) is 9.76. The number of aromatic nitrogens is 5. The van der Waals surface area contributed by atoms with Crippen molar-refractivity contribution in [2.45, 2.75) is 38.1 Å². The summed E-state index contributed by atoms with van der Waals surface area (Å²) in [5.74, 6) is 0.699. The third-order valence-electron chi connectivity index (χ3n) is 6.35. The van der Waals surface area contributed by atoms with Crippen LogP contribution in [0.5, 0.6) is 0 Å². The average molecular weight is 467 g/mol. The minimum absolute atomic E-state index is 0.285. The van der Waals surface area contributed by atoms with Crippen LogP contribution in [0, 0.1) is 11.3 Å². The Kier molecular flexibility index (Phi) is 5.97. The van der Waals surface area contributed by atoms with E-state index in [0.29, 0.717) is 35.6 Å². The highest BCUT2D eigenvalue weighted by molar-refractivity contribution is 5.63. The predicted molar refractivity (Wildman–Crippen MR) is 132 cm³/mol. The topological polar surface area (TPSA) is 131 Å². The number of nitrogens with two attached hydrogens (primary N) is 1. The molecule has 0 saturated carbocycles. The molecule has 1 fully saturated rings. The molecular formula is C26H26N8O. The normalized spacial score (nSPS) is 15.8. The van der Waals surface area contributed by atoms with Gasteiger partial charge >= 0.3 is 0 Å². The van der Waals surface area contributed by atoms with Gasteiger partial charge in [-0.3, -0.25) is 9.97 Å². The van der Waals surface area contributed by atoms with E-state index in [0.717, 1.165) is 36.2 Å². The second-order valence-corrected chi connectivity index (χ2v) is 9.14. The maximum atomic E-state index is 9.44. The molecule has 9 nitrogen and oxygen atoms in total. The monoisotopic (exact) mass is 466 g/mol. The maximum absolute atomic E-state index is 9.44. The van der Waals surface area contributed by atoms with Crippen molar-refractivity contribution < 1.29 is 4.42 Å². The van der Waals surface area contributed by atoms with E-state index in [2.05, 4.69) is 48.3 Å². The summed E-state index contributed by atoms with van der Waals surface area (Å²) in [6.07, 6.45) is 7.21. The molecular weight excluding hydrogens is 440 g/mol. The zero-order valence-electron chi connectivity index (χ0n) is 19.7. The summed E-state index contributed by atoms with van der Waals surface area (Å²) in [4.78, 5) is 15.7. The van der Waals surface area contributed by atoms with Crippen molar-refractivity contribution in [1.82, 2.24) is 25.1 Å². The first kappa shape index (κ1) is 22.6. The summed E-state index contributed by atoms with van der Waals surface area (Å²) in [6.45, 7) is 5.34. The minimum atomic E-state index is -0.710. The third-order valence-corrected chi connectivity index (χ3v) is 6.35. The van der Waals surface area contributed by atoms with Gasteiger partial charge in [0, 0.05) is 42.1 Å². The number of pyridine rings is 1. The average Bonchev–Trinajstić information content (AvgIpc) is 3.59. The van der Waals surface area contributed by atoms with Gasteiger partial charge in [0.05, 0.1) is 35.3 Å². The second-order valence-electron chi connectivity index (χ2n) is 9.14. The molecule has 0 aliphatic carbocycles. The van der Waals surface area contributed by atoms with Crippen LogP contribution in [0.1, 0.15) is 32.4 Å². The Labute approximate surface area is 203 Å². The Morgan fingerprint density at radius 3 is 2.63 bits per heavy atom. The number of anilines is 1. The fraction of sp³-hybridized carbons (Fsp3) is 0.308. The maximum Gasteiger partial charge on any atom is 0.268 e. The molecule has 4 heterocycles. The number of hydrogen-bond donors (Lipinski definition) is 1. The van der Waals surface area contributed by atoms with Crippen LogP contribution in [0.3, 0.4) is 0 Å². The molecule has 1 unspecified atom stereocenters. The van der Waals surface area contributed by atoms with E-state index in [9.17, 15) is 5.26 Å². The number of nitriles is 1. The highest BCUT2D eigenvalue weighted by Gasteiger charge is 2.24. The highest BCUT2D eigenvalue weighted by atomic mass is 16.4. The number of rotatable bonds is 6. The SMILES string of the molecule is CC(C)(C#N)c1cc(-c2cncc(-c3nnc(-c4ccc(N5CCCC5CN)cc4)o3)n2)ccn1. The lowest BCUT2D eigenvalue weighted by atomic mass is 9.90. The van der Waals surface area contributed by atoms with Gasteiger partial charge in [-0.05, 0) is 63.1 Å². The summed E-state index contributed by atoms with van der Waals surface area (Å²) in [6, 6.07) is 14.5. The number of nitrogens with zero attached hydrogens (tertiary/aromatic N) is 7. The molecule has 0 spiro atoms. The number of hydrogen-bond acceptors (Lipinski definition) is 9. The summed E-state index contributed by atoms with van der Waals surface area (Å²) in [5, 5.41) is 17.8. The molecule has 0 bridgehead atoms. The molecule has 1 saturated heterocycles. The molecule has 3 aromatic heterocycles. The molecule has 0 radical (unpaired) electrons. The first-order valence-corrected chi connectivity index (χ1v) is 11.6. The quantitative estimate of drug-likeness (QED) is 0.448. The molecule has 176 valence electrons. The molecule has 1 atom stereocenters. The van der Waals surface area contributed by atoms with E-state index in [1.807, 2.05) is 38.1 Å². The lowest BCUT2D eigenvalue weighted by molar-refractivity contribution is 0.582. The van der Waals surface area contributed by atoms with E-state index < -0.39 is 5.41 Å². The molecule has 0 amide bonds. The molecule has 1 aliphatic heterocycles. The predicted octanol–water partition coefficient (Wildman–Crippen LogP) is 3.98. The van der Waals surface area contributed by atoms with Crippen LogP contribution in [-0.4, -0.2) is 44.3 Å². The third kappa shape index (κ3) is 4.48.